The minimum Gasteiger partial charge on any atom is -0.481 e. The normalized spacial score (nSPS) is 22.1. The van der Waals surface area contributed by atoms with Gasteiger partial charge in [0.25, 0.3) is 0 Å². The first-order valence-electron chi connectivity index (χ1n) is 6.46. The van der Waals surface area contributed by atoms with Crippen molar-refractivity contribution in [1.29, 1.82) is 0 Å². The van der Waals surface area contributed by atoms with Crippen LogP contribution in [-0.4, -0.2) is 21.2 Å². The maximum Gasteiger partial charge on any atom is 0.306 e. The van der Waals surface area contributed by atoms with E-state index in [9.17, 15) is 9.18 Å². The van der Waals surface area contributed by atoms with E-state index in [1.807, 2.05) is 0 Å². The van der Waals surface area contributed by atoms with Gasteiger partial charge in [-0.2, -0.15) is 4.98 Å². The van der Waals surface area contributed by atoms with Gasteiger partial charge in [0.2, 0.25) is 11.7 Å². The molecule has 0 bridgehead atoms. The zero-order chi connectivity index (χ0) is 14.1. The van der Waals surface area contributed by atoms with E-state index >= 15 is 0 Å². The maximum absolute atomic E-state index is 13.6. The smallest absolute Gasteiger partial charge is 0.306 e. The summed E-state index contributed by atoms with van der Waals surface area (Å²) in [6, 6.07) is 6.21. The van der Waals surface area contributed by atoms with E-state index < -0.39 is 11.8 Å². The molecule has 104 valence electrons. The largest absolute Gasteiger partial charge is 0.481 e. The van der Waals surface area contributed by atoms with Crippen molar-refractivity contribution in [3.8, 4) is 11.4 Å². The van der Waals surface area contributed by atoms with Crippen molar-refractivity contribution in [1.82, 2.24) is 10.1 Å². The lowest BCUT2D eigenvalue weighted by molar-refractivity contribution is -0.141. The summed E-state index contributed by atoms with van der Waals surface area (Å²) >= 11 is 0. The van der Waals surface area contributed by atoms with Gasteiger partial charge in [-0.1, -0.05) is 17.3 Å². The molecular formula is C14H13FN2O3. The molecule has 2 atom stereocenters. The summed E-state index contributed by atoms with van der Waals surface area (Å²) in [4.78, 5) is 15.1. The molecule has 20 heavy (non-hydrogen) atoms. The molecule has 0 amide bonds. The van der Waals surface area contributed by atoms with Crippen molar-refractivity contribution in [3.05, 3.63) is 36.0 Å². The Morgan fingerprint density at radius 1 is 1.35 bits per heavy atom. The van der Waals surface area contributed by atoms with Crippen molar-refractivity contribution in [3.63, 3.8) is 0 Å². The molecule has 1 aromatic carbocycles. The third kappa shape index (κ3) is 2.29. The number of rotatable bonds is 3. The Bertz CT molecular complexity index is 641. The molecule has 3 rings (SSSR count). The maximum atomic E-state index is 13.6. The second kappa shape index (κ2) is 5.03. The van der Waals surface area contributed by atoms with Crippen LogP contribution in [0.2, 0.25) is 0 Å². The number of carboxylic acids is 1. The van der Waals surface area contributed by atoms with Crippen LogP contribution in [0.25, 0.3) is 11.4 Å². The second-order valence-electron chi connectivity index (χ2n) is 4.98. The summed E-state index contributed by atoms with van der Waals surface area (Å²) in [7, 11) is 0. The zero-order valence-electron chi connectivity index (χ0n) is 10.6. The number of carboxylic acid groups (broad SMARTS) is 1. The van der Waals surface area contributed by atoms with Gasteiger partial charge in [-0.3, -0.25) is 4.79 Å². The zero-order valence-corrected chi connectivity index (χ0v) is 10.6. The molecule has 0 radical (unpaired) electrons. The fraction of sp³-hybridized carbons (Fsp3) is 0.357. The predicted octanol–water partition coefficient (Wildman–Crippen LogP) is 2.84. The Morgan fingerprint density at radius 2 is 2.15 bits per heavy atom. The van der Waals surface area contributed by atoms with Crippen LogP contribution in [0, 0.1) is 11.7 Å². The second-order valence-corrected chi connectivity index (χ2v) is 4.98. The van der Waals surface area contributed by atoms with Crippen LogP contribution in [-0.2, 0) is 4.79 Å². The summed E-state index contributed by atoms with van der Waals surface area (Å²) < 4.78 is 18.8. The number of aromatic nitrogens is 2. The van der Waals surface area contributed by atoms with Gasteiger partial charge in [0.1, 0.15) is 5.82 Å². The number of halogens is 1. The van der Waals surface area contributed by atoms with E-state index in [0.717, 1.165) is 0 Å². The summed E-state index contributed by atoms with van der Waals surface area (Å²) in [6.45, 7) is 0. The molecule has 0 saturated heterocycles. The average molecular weight is 276 g/mol. The number of hydrogen-bond donors (Lipinski definition) is 1. The minimum atomic E-state index is -0.790. The fourth-order valence-corrected chi connectivity index (χ4v) is 2.58. The van der Waals surface area contributed by atoms with Gasteiger partial charge in [-0.05, 0) is 31.4 Å². The van der Waals surface area contributed by atoms with Gasteiger partial charge >= 0.3 is 5.97 Å². The minimum absolute atomic E-state index is 0.0517. The molecule has 2 aromatic rings. The van der Waals surface area contributed by atoms with Gasteiger partial charge in [0.05, 0.1) is 11.5 Å². The Balaban J connectivity index is 1.81. The summed E-state index contributed by atoms with van der Waals surface area (Å²) in [5.41, 5.74) is 0.287. The highest BCUT2D eigenvalue weighted by Crippen LogP contribution is 2.38. The first kappa shape index (κ1) is 12.8. The predicted molar refractivity (Wildman–Crippen MR) is 67.4 cm³/mol. The molecular weight excluding hydrogens is 263 g/mol. The van der Waals surface area contributed by atoms with E-state index in [1.165, 1.54) is 6.07 Å². The first-order chi connectivity index (χ1) is 9.65. The van der Waals surface area contributed by atoms with Gasteiger partial charge < -0.3 is 9.63 Å². The van der Waals surface area contributed by atoms with E-state index in [-0.39, 0.29) is 23.2 Å². The molecule has 2 unspecified atom stereocenters. The van der Waals surface area contributed by atoms with E-state index in [2.05, 4.69) is 10.1 Å². The lowest BCUT2D eigenvalue weighted by Crippen LogP contribution is -2.09. The topological polar surface area (TPSA) is 76.2 Å². The quantitative estimate of drug-likeness (QED) is 0.932. The Hall–Kier alpha value is -2.24. The van der Waals surface area contributed by atoms with Crippen molar-refractivity contribution in [2.24, 2.45) is 5.92 Å². The average Bonchev–Trinajstić information content (AvgIpc) is 3.08. The van der Waals surface area contributed by atoms with Gasteiger partial charge in [-0.25, -0.2) is 4.39 Å². The van der Waals surface area contributed by atoms with Crippen LogP contribution in [0.4, 0.5) is 4.39 Å². The SMILES string of the molecule is O=C(O)C1CCC(c2nc(-c3ccccc3F)no2)C1. The number of hydrogen-bond acceptors (Lipinski definition) is 4. The first-order valence-corrected chi connectivity index (χ1v) is 6.46. The van der Waals surface area contributed by atoms with E-state index in [4.69, 9.17) is 9.63 Å². The highest BCUT2D eigenvalue weighted by Gasteiger charge is 2.33. The lowest BCUT2D eigenvalue weighted by Gasteiger charge is -2.02. The van der Waals surface area contributed by atoms with Crippen LogP contribution in [0.1, 0.15) is 31.1 Å². The van der Waals surface area contributed by atoms with Gasteiger partial charge in [0.15, 0.2) is 0 Å². The lowest BCUT2D eigenvalue weighted by atomic mass is 10.1. The highest BCUT2D eigenvalue weighted by atomic mass is 19.1. The summed E-state index contributed by atoms with van der Waals surface area (Å²) in [5, 5.41) is 12.8. The molecule has 1 N–H and O–H groups in total. The standard InChI is InChI=1S/C14H13FN2O3/c15-11-4-2-1-3-10(11)12-16-13(20-17-12)8-5-6-9(7-8)14(18)19/h1-4,8-9H,5-7H2,(H,18,19). The monoisotopic (exact) mass is 276 g/mol. The Morgan fingerprint density at radius 3 is 2.85 bits per heavy atom. The summed E-state index contributed by atoms with van der Waals surface area (Å²) in [6.07, 6.45) is 1.81. The molecule has 0 aliphatic heterocycles. The molecule has 1 aliphatic carbocycles. The number of nitrogens with zero attached hydrogens (tertiary/aromatic N) is 2. The van der Waals surface area contributed by atoms with E-state index in [1.54, 1.807) is 18.2 Å². The van der Waals surface area contributed by atoms with Crippen LogP contribution < -0.4 is 0 Å². The van der Waals surface area contributed by atoms with Crippen molar-refractivity contribution < 1.29 is 18.8 Å². The number of benzene rings is 1. The fourth-order valence-electron chi connectivity index (χ4n) is 2.58. The molecule has 1 saturated carbocycles. The highest BCUT2D eigenvalue weighted by molar-refractivity contribution is 5.70. The molecule has 1 aliphatic rings. The molecule has 5 nitrogen and oxygen atoms in total. The van der Waals surface area contributed by atoms with Crippen molar-refractivity contribution in [2.75, 3.05) is 0 Å². The molecule has 0 spiro atoms. The summed E-state index contributed by atoms with van der Waals surface area (Å²) in [5.74, 6) is -1.01. The van der Waals surface area contributed by atoms with Gasteiger partial charge in [0, 0.05) is 5.92 Å². The third-order valence-corrected chi connectivity index (χ3v) is 3.69. The Kier molecular flexibility index (Phi) is 3.22. The number of aliphatic carboxylic acids is 1. The molecule has 1 fully saturated rings. The molecule has 1 heterocycles. The van der Waals surface area contributed by atoms with Gasteiger partial charge in [-0.15, -0.1) is 0 Å². The van der Waals surface area contributed by atoms with Crippen LogP contribution in [0.15, 0.2) is 28.8 Å². The third-order valence-electron chi connectivity index (χ3n) is 3.69. The molecule has 6 heteroatoms. The Labute approximate surface area is 114 Å². The van der Waals surface area contributed by atoms with Crippen LogP contribution in [0.5, 0.6) is 0 Å². The van der Waals surface area contributed by atoms with Crippen molar-refractivity contribution >= 4 is 5.97 Å². The van der Waals surface area contributed by atoms with E-state index in [0.29, 0.717) is 25.2 Å². The van der Waals surface area contributed by atoms with Crippen molar-refractivity contribution in [2.45, 2.75) is 25.2 Å². The molecule has 1 aromatic heterocycles. The number of carbonyl (C=O) groups is 1. The van der Waals surface area contributed by atoms with Crippen LogP contribution >= 0.6 is 0 Å². The van der Waals surface area contributed by atoms with Crippen LogP contribution in [0.3, 0.4) is 0 Å².